The lowest BCUT2D eigenvalue weighted by atomic mass is 9.85. The molecule has 0 aliphatic heterocycles. The first-order chi connectivity index (χ1) is 20.6. The van der Waals surface area contributed by atoms with Crippen LogP contribution in [-0.2, 0) is 14.4 Å². The largest absolute Gasteiger partial charge is 0.298 e. The molecular weight excluding hydrogens is 534 g/mol. The van der Waals surface area contributed by atoms with Crippen molar-refractivity contribution in [3.63, 3.8) is 0 Å². The summed E-state index contributed by atoms with van der Waals surface area (Å²) in [5.74, 6) is -1.74. The molecule has 6 nitrogen and oxygen atoms in total. The average molecular weight is 576 g/mol. The summed E-state index contributed by atoms with van der Waals surface area (Å²) in [6, 6.07) is 27.0. The van der Waals surface area contributed by atoms with E-state index in [2.05, 4.69) is 37.7 Å². The summed E-state index contributed by atoms with van der Waals surface area (Å²) in [5, 5.41) is 0. The fourth-order valence-corrected chi connectivity index (χ4v) is 5.46. The van der Waals surface area contributed by atoms with Crippen LogP contribution in [0.1, 0.15) is 70.4 Å². The van der Waals surface area contributed by atoms with Crippen LogP contribution in [0.3, 0.4) is 0 Å². The maximum atomic E-state index is 14.4. The standard InChI is InChI=1S/C37H41N3O3/c1-25(2)20-32(28-12-10-14-30(22-28)34-16-6-8-18-38-34)36(42)40(24-27(5)41)37(43)33(21-26(3)4)29-13-11-15-31(23-29)35-17-7-9-19-39-35/h6-19,22-23,25-26,32-33H,20-21,24H2,1-5H3. The normalized spacial score (nSPS) is 12.6. The molecule has 4 aromatic rings. The Morgan fingerprint density at radius 3 is 1.42 bits per heavy atom. The van der Waals surface area contributed by atoms with Gasteiger partial charge in [-0.05, 0) is 79.1 Å². The van der Waals surface area contributed by atoms with Crippen molar-refractivity contribution >= 4 is 17.6 Å². The molecule has 0 saturated carbocycles. The number of carbonyl (C=O) groups excluding carboxylic acids is 3. The maximum Gasteiger partial charge on any atom is 0.237 e. The predicted octanol–water partition coefficient (Wildman–Crippen LogP) is 7.71. The number of ketones is 1. The molecule has 222 valence electrons. The second kappa shape index (κ2) is 14.6. The van der Waals surface area contributed by atoms with E-state index < -0.39 is 11.8 Å². The molecule has 0 aliphatic rings. The summed E-state index contributed by atoms with van der Waals surface area (Å²) >= 11 is 0. The smallest absolute Gasteiger partial charge is 0.237 e. The predicted molar refractivity (Wildman–Crippen MR) is 171 cm³/mol. The van der Waals surface area contributed by atoms with E-state index in [1.165, 1.54) is 11.8 Å². The molecule has 43 heavy (non-hydrogen) atoms. The van der Waals surface area contributed by atoms with Gasteiger partial charge in [0.1, 0.15) is 5.78 Å². The Hall–Kier alpha value is -4.45. The first-order valence-electron chi connectivity index (χ1n) is 15.0. The zero-order valence-corrected chi connectivity index (χ0v) is 25.7. The number of benzene rings is 2. The minimum Gasteiger partial charge on any atom is -0.298 e. The van der Waals surface area contributed by atoms with Gasteiger partial charge in [0.2, 0.25) is 11.8 Å². The van der Waals surface area contributed by atoms with Crippen LogP contribution in [0, 0.1) is 11.8 Å². The lowest BCUT2D eigenvalue weighted by Gasteiger charge is -2.30. The molecule has 2 aromatic heterocycles. The van der Waals surface area contributed by atoms with E-state index in [1.807, 2.05) is 84.9 Å². The quantitative estimate of drug-likeness (QED) is 0.173. The van der Waals surface area contributed by atoms with Crippen LogP contribution in [-0.4, -0.2) is 39.0 Å². The second-order valence-electron chi connectivity index (χ2n) is 12.0. The van der Waals surface area contributed by atoms with Gasteiger partial charge in [-0.2, -0.15) is 0 Å². The number of carbonyl (C=O) groups is 3. The van der Waals surface area contributed by atoms with Gasteiger partial charge in [0.15, 0.2) is 0 Å². The van der Waals surface area contributed by atoms with Crippen molar-refractivity contribution in [3.8, 4) is 22.5 Å². The monoisotopic (exact) mass is 575 g/mol. The van der Waals surface area contributed by atoms with Crippen LogP contribution in [0.15, 0.2) is 97.3 Å². The van der Waals surface area contributed by atoms with Crippen molar-refractivity contribution in [2.75, 3.05) is 6.54 Å². The van der Waals surface area contributed by atoms with Gasteiger partial charge in [-0.3, -0.25) is 29.3 Å². The number of hydrogen-bond donors (Lipinski definition) is 0. The summed E-state index contributed by atoms with van der Waals surface area (Å²) in [6.07, 6.45) is 4.56. The van der Waals surface area contributed by atoms with Gasteiger partial charge in [0.25, 0.3) is 0 Å². The van der Waals surface area contributed by atoms with Gasteiger partial charge in [0.05, 0.1) is 29.8 Å². The van der Waals surface area contributed by atoms with Crippen LogP contribution in [0.4, 0.5) is 0 Å². The van der Waals surface area contributed by atoms with Crippen LogP contribution in [0.25, 0.3) is 22.5 Å². The molecule has 2 unspecified atom stereocenters. The van der Waals surface area contributed by atoms with E-state index in [4.69, 9.17) is 0 Å². The van der Waals surface area contributed by atoms with E-state index in [0.29, 0.717) is 12.8 Å². The first kappa shape index (κ1) is 31.5. The maximum absolute atomic E-state index is 14.4. The van der Waals surface area contributed by atoms with Crippen LogP contribution >= 0.6 is 0 Å². The van der Waals surface area contributed by atoms with Crippen LogP contribution in [0.5, 0.6) is 0 Å². The molecule has 2 amide bonds. The van der Waals surface area contributed by atoms with E-state index in [1.54, 1.807) is 12.4 Å². The molecule has 2 aromatic carbocycles. The van der Waals surface area contributed by atoms with Crippen molar-refractivity contribution in [1.29, 1.82) is 0 Å². The zero-order valence-electron chi connectivity index (χ0n) is 25.7. The average Bonchev–Trinajstić information content (AvgIpc) is 3.01. The Morgan fingerprint density at radius 2 is 1.07 bits per heavy atom. The van der Waals surface area contributed by atoms with E-state index in [9.17, 15) is 14.4 Å². The number of imide groups is 1. The van der Waals surface area contributed by atoms with Gasteiger partial charge in [0, 0.05) is 23.5 Å². The Bertz CT molecular complexity index is 1420. The fourth-order valence-electron chi connectivity index (χ4n) is 5.46. The molecule has 0 radical (unpaired) electrons. The van der Waals surface area contributed by atoms with Crippen LogP contribution < -0.4 is 0 Å². The molecule has 0 aliphatic carbocycles. The molecule has 2 atom stereocenters. The van der Waals surface area contributed by atoms with Crippen molar-refractivity contribution in [1.82, 2.24) is 14.9 Å². The summed E-state index contributed by atoms with van der Waals surface area (Å²) in [4.78, 5) is 51.6. The molecule has 4 rings (SSSR count). The molecule has 0 N–H and O–H groups in total. The van der Waals surface area contributed by atoms with Crippen molar-refractivity contribution in [2.45, 2.75) is 59.3 Å². The zero-order chi connectivity index (χ0) is 30.9. The number of Topliss-reactive ketones (excluding diaryl/α,β-unsaturated/α-hetero) is 1. The Kier molecular flexibility index (Phi) is 10.7. The highest BCUT2D eigenvalue weighted by Gasteiger charge is 2.36. The summed E-state index contributed by atoms with van der Waals surface area (Å²) in [5.41, 5.74) is 5.02. The SMILES string of the molecule is CC(=O)CN(C(=O)C(CC(C)C)c1cccc(-c2ccccn2)c1)C(=O)C(CC(C)C)c1cccc(-c2ccccn2)c1. The molecule has 6 heteroatoms. The highest BCUT2D eigenvalue weighted by atomic mass is 16.2. The summed E-state index contributed by atoms with van der Waals surface area (Å²) in [7, 11) is 0. The third-order valence-electron chi connectivity index (χ3n) is 7.42. The number of amides is 2. The highest BCUT2D eigenvalue weighted by molar-refractivity contribution is 6.04. The van der Waals surface area contributed by atoms with Gasteiger partial charge in [-0.1, -0.05) is 76.2 Å². The van der Waals surface area contributed by atoms with Crippen molar-refractivity contribution < 1.29 is 14.4 Å². The number of rotatable bonds is 12. The Labute approximate surface area is 255 Å². The highest BCUT2D eigenvalue weighted by Crippen LogP contribution is 2.33. The van der Waals surface area contributed by atoms with Gasteiger partial charge in [-0.25, -0.2) is 0 Å². The minimum atomic E-state index is -0.591. The first-order valence-corrected chi connectivity index (χ1v) is 15.0. The molecule has 0 spiro atoms. The third-order valence-corrected chi connectivity index (χ3v) is 7.42. The Balaban J connectivity index is 1.74. The Morgan fingerprint density at radius 1 is 0.628 bits per heavy atom. The number of hydrogen-bond acceptors (Lipinski definition) is 5. The molecule has 2 heterocycles. The summed E-state index contributed by atoms with van der Waals surface area (Å²) < 4.78 is 0. The topological polar surface area (TPSA) is 80.2 Å². The van der Waals surface area contributed by atoms with Gasteiger partial charge < -0.3 is 0 Å². The molecule has 0 fully saturated rings. The van der Waals surface area contributed by atoms with Crippen LogP contribution in [0.2, 0.25) is 0 Å². The third kappa shape index (κ3) is 8.31. The van der Waals surface area contributed by atoms with Crippen molar-refractivity contribution in [2.24, 2.45) is 11.8 Å². The fraction of sp³-hybridized carbons (Fsp3) is 0.324. The minimum absolute atomic E-state index is 0.184. The van der Waals surface area contributed by atoms with Crippen molar-refractivity contribution in [3.05, 3.63) is 108 Å². The lowest BCUT2D eigenvalue weighted by Crippen LogP contribution is -2.45. The second-order valence-corrected chi connectivity index (χ2v) is 12.0. The summed E-state index contributed by atoms with van der Waals surface area (Å²) in [6.45, 7) is 9.40. The molecular formula is C37H41N3O3. The molecule has 0 bridgehead atoms. The van der Waals surface area contributed by atoms with E-state index in [0.717, 1.165) is 33.6 Å². The number of pyridine rings is 2. The van der Waals surface area contributed by atoms with E-state index in [-0.39, 0.29) is 36.0 Å². The number of aromatic nitrogens is 2. The lowest BCUT2D eigenvalue weighted by molar-refractivity contribution is -0.149. The van der Waals surface area contributed by atoms with E-state index >= 15 is 0 Å². The van der Waals surface area contributed by atoms with Gasteiger partial charge in [-0.15, -0.1) is 0 Å². The number of nitrogens with zero attached hydrogens (tertiary/aromatic N) is 3. The van der Waals surface area contributed by atoms with Gasteiger partial charge >= 0.3 is 0 Å². The molecule has 0 saturated heterocycles.